The van der Waals surface area contributed by atoms with Crippen LogP contribution in [0.3, 0.4) is 0 Å². The van der Waals surface area contributed by atoms with Crippen LogP contribution < -0.4 is 10.6 Å². The number of nitrogens with zero attached hydrogens (tertiary/aromatic N) is 2. The minimum Gasteiger partial charge on any atom is -0.369 e. The molecular weight excluding hydrogens is 264 g/mol. The van der Waals surface area contributed by atoms with Gasteiger partial charge in [-0.05, 0) is 30.5 Å². The van der Waals surface area contributed by atoms with E-state index in [9.17, 15) is 4.79 Å². The molecule has 0 bridgehead atoms. The molecule has 0 unspecified atom stereocenters. The van der Waals surface area contributed by atoms with Crippen LogP contribution in [0.5, 0.6) is 0 Å². The van der Waals surface area contributed by atoms with Gasteiger partial charge in [-0.1, -0.05) is 26.0 Å². The Hall–Kier alpha value is -2.43. The summed E-state index contributed by atoms with van der Waals surface area (Å²) in [6.45, 7) is 6.96. The van der Waals surface area contributed by atoms with E-state index in [1.807, 2.05) is 31.2 Å². The average Bonchev–Trinajstić information content (AvgIpc) is 2.48. The summed E-state index contributed by atoms with van der Waals surface area (Å²) < 4.78 is 0. The molecule has 1 aromatic carbocycles. The Labute approximate surface area is 124 Å². The lowest BCUT2D eigenvalue weighted by atomic mass is 10.0. The third-order valence-corrected chi connectivity index (χ3v) is 3.06. The van der Waals surface area contributed by atoms with Gasteiger partial charge in [0, 0.05) is 12.2 Å². The molecular formula is C16H20N4O. The van der Waals surface area contributed by atoms with Crippen LogP contribution in [0.2, 0.25) is 0 Å². The van der Waals surface area contributed by atoms with Gasteiger partial charge in [-0.25, -0.2) is 4.98 Å². The van der Waals surface area contributed by atoms with E-state index in [0.717, 1.165) is 12.2 Å². The van der Waals surface area contributed by atoms with Crippen molar-refractivity contribution in [3.05, 3.63) is 47.9 Å². The lowest BCUT2D eigenvalue weighted by Gasteiger charge is -2.08. The number of anilines is 2. The number of benzene rings is 1. The summed E-state index contributed by atoms with van der Waals surface area (Å²) in [5.74, 6) is 0.803. The van der Waals surface area contributed by atoms with Gasteiger partial charge in [0.25, 0.3) is 5.91 Å². The predicted octanol–water partition coefficient (Wildman–Crippen LogP) is 3.28. The Bertz CT molecular complexity index is 608. The molecule has 1 amide bonds. The molecule has 1 aromatic heterocycles. The normalized spacial score (nSPS) is 10.5. The standard InChI is InChI=1S/C16H20N4O/c1-4-18-15-10-17-9-14(20-15)16(21)19-13-7-5-12(6-8-13)11(2)3/h5-11H,4H2,1-3H3,(H,18,20)(H,19,21). The molecule has 5 heteroatoms. The maximum Gasteiger partial charge on any atom is 0.275 e. The quantitative estimate of drug-likeness (QED) is 0.884. The largest absolute Gasteiger partial charge is 0.369 e. The smallest absolute Gasteiger partial charge is 0.275 e. The summed E-state index contributed by atoms with van der Waals surface area (Å²) in [6.07, 6.45) is 3.05. The maximum atomic E-state index is 12.1. The van der Waals surface area contributed by atoms with Crippen molar-refractivity contribution in [1.82, 2.24) is 9.97 Å². The van der Waals surface area contributed by atoms with Crippen molar-refractivity contribution in [3.63, 3.8) is 0 Å². The Balaban J connectivity index is 2.08. The van der Waals surface area contributed by atoms with E-state index < -0.39 is 0 Å². The molecule has 0 fully saturated rings. The molecule has 2 rings (SSSR count). The summed E-state index contributed by atoms with van der Waals surface area (Å²) in [5, 5.41) is 5.86. The van der Waals surface area contributed by atoms with Gasteiger partial charge >= 0.3 is 0 Å². The number of rotatable bonds is 5. The zero-order valence-corrected chi connectivity index (χ0v) is 12.6. The average molecular weight is 284 g/mol. The summed E-state index contributed by atoms with van der Waals surface area (Å²) >= 11 is 0. The number of amides is 1. The Morgan fingerprint density at radius 3 is 2.52 bits per heavy atom. The highest BCUT2D eigenvalue weighted by molar-refractivity contribution is 6.02. The van der Waals surface area contributed by atoms with Gasteiger partial charge < -0.3 is 10.6 Å². The van der Waals surface area contributed by atoms with Crippen LogP contribution in [0.25, 0.3) is 0 Å². The van der Waals surface area contributed by atoms with E-state index in [0.29, 0.717) is 17.4 Å². The lowest BCUT2D eigenvalue weighted by Crippen LogP contribution is -2.15. The molecule has 0 radical (unpaired) electrons. The van der Waals surface area contributed by atoms with E-state index in [-0.39, 0.29) is 5.91 Å². The predicted molar refractivity (Wildman–Crippen MR) is 84.7 cm³/mol. The van der Waals surface area contributed by atoms with Gasteiger partial charge in [-0.2, -0.15) is 0 Å². The second-order valence-electron chi connectivity index (χ2n) is 5.05. The monoisotopic (exact) mass is 284 g/mol. The van der Waals surface area contributed by atoms with E-state index in [2.05, 4.69) is 34.4 Å². The summed E-state index contributed by atoms with van der Waals surface area (Å²) in [5.41, 5.74) is 2.28. The molecule has 0 saturated heterocycles. The first-order valence-corrected chi connectivity index (χ1v) is 7.07. The molecule has 2 aromatic rings. The van der Waals surface area contributed by atoms with Gasteiger partial charge in [-0.15, -0.1) is 0 Å². The fourth-order valence-electron chi connectivity index (χ4n) is 1.89. The zero-order chi connectivity index (χ0) is 15.2. The number of aromatic nitrogens is 2. The first-order valence-electron chi connectivity index (χ1n) is 7.07. The molecule has 110 valence electrons. The fraction of sp³-hybridized carbons (Fsp3) is 0.312. The first kappa shape index (κ1) is 15.0. The number of carbonyl (C=O) groups excluding carboxylic acids is 1. The SMILES string of the molecule is CCNc1cncc(C(=O)Nc2ccc(C(C)C)cc2)n1. The highest BCUT2D eigenvalue weighted by Crippen LogP contribution is 2.17. The Kier molecular flexibility index (Phi) is 4.87. The minimum atomic E-state index is -0.264. The van der Waals surface area contributed by atoms with Gasteiger partial charge in [0.1, 0.15) is 11.5 Å². The molecule has 0 aliphatic carbocycles. The van der Waals surface area contributed by atoms with Crippen molar-refractivity contribution in [2.24, 2.45) is 0 Å². The molecule has 0 spiro atoms. The molecule has 0 aliphatic rings. The van der Waals surface area contributed by atoms with Crippen molar-refractivity contribution in [1.29, 1.82) is 0 Å². The Morgan fingerprint density at radius 2 is 1.90 bits per heavy atom. The van der Waals surface area contributed by atoms with Gasteiger partial charge in [-0.3, -0.25) is 9.78 Å². The van der Waals surface area contributed by atoms with E-state index in [1.165, 1.54) is 11.8 Å². The molecule has 0 saturated carbocycles. The minimum absolute atomic E-state index is 0.264. The summed E-state index contributed by atoms with van der Waals surface area (Å²) in [7, 11) is 0. The summed E-state index contributed by atoms with van der Waals surface area (Å²) in [6, 6.07) is 7.83. The molecule has 0 aliphatic heterocycles. The van der Waals surface area contributed by atoms with Crippen LogP contribution in [0.1, 0.15) is 42.7 Å². The third-order valence-electron chi connectivity index (χ3n) is 3.06. The van der Waals surface area contributed by atoms with Crippen molar-refractivity contribution >= 4 is 17.4 Å². The van der Waals surface area contributed by atoms with Crippen molar-refractivity contribution < 1.29 is 4.79 Å². The van der Waals surface area contributed by atoms with Gasteiger partial charge in [0.05, 0.1) is 12.4 Å². The number of hydrogen-bond acceptors (Lipinski definition) is 4. The van der Waals surface area contributed by atoms with Crippen LogP contribution in [0, 0.1) is 0 Å². The van der Waals surface area contributed by atoms with E-state index in [1.54, 1.807) is 6.20 Å². The van der Waals surface area contributed by atoms with E-state index in [4.69, 9.17) is 0 Å². The molecule has 0 atom stereocenters. The van der Waals surface area contributed by atoms with Crippen molar-refractivity contribution in [2.75, 3.05) is 17.2 Å². The van der Waals surface area contributed by atoms with Crippen LogP contribution in [0.4, 0.5) is 11.5 Å². The topological polar surface area (TPSA) is 66.9 Å². The molecule has 2 N–H and O–H groups in total. The highest BCUT2D eigenvalue weighted by Gasteiger charge is 2.09. The van der Waals surface area contributed by atoms with Crippen LogP contribution in [-0.4, -0.2) is 22.4 Å². The van der Waals surface area contributed by atoms with Crippen molar-refractivity contribution in [2.45, 2.75) is 26.7 Å². The Morgan fingerprint density at radius 1 is 1.19 bits per heavy atom. The third kappa shape index (κ3) is 4.02. The van der Waals surface area contributed by atoms with Crippen LogP contribution in [-0.2, 0) is 0 Å². The zero-order valence-electron chi connectivity index (χ0n) is 12.6. The van der Waals surface area contributed by atoms with Crippen LogP contribution >= 0.6 is 0 Å². The highest BCUT2D eigenvalue weighted by atomic mass is 16.1. The second kappa shape index (κ2) is 6.83. The fourth-order valence-corrected chi connectivity index (χ4v) is 1.89. The first-order chi connectivity index (χ1) is 10.1. The van der Waals surface area contributed by atoms with Crippen LogP contribution in [0.15, 0.2) is 36.7 Å². The molecule has 1 heterocycles. The van der Waals surface area contributed by atoms with Crippen molar-refractivity contribution in [3.8, 4) is 0 Å². The second-order valence-corrected chi connectivity index (χ2v) is 5.05. The van der Waals surface area contributed by atoms with E-state index >= 15 is 0 Å². The molecule has 21 heavy (non-hydrogen) atoms. The van der Waals surface area contributed by atoms with Gasteiger partial charge in [0.15, 0.2) is 0 Å². The lowest BCUT2D eigenvalue weighted by molar-refractivity contribution is 0.102. The number of hydrogen-bond donors (Lipinski definition) is 2. The number of nitrogens with one attached hydrogen (secondary N) is 2. The summed E-state index contributed by atoms with van der Waals surface area (Å²) in [4.78, 5) is 20.4. The maximum absolute atomic E-state index is 12.1. The molecule has 5 nitrogen and oxygen atoms in total. The van der Waals surface area contributed by atoms with Gasteiger partial charge in [0.2, 0.25) is 0 Å². The number of carbonyl (C=O) groups is 1.